The molecule has 0 fully saturated rings. The predicted octanol–water partition coefficient (Wildman–Crippen LogP) is 7.10. The lowest BCUT2D eigenvalue weighted by molar-refractivity contribution is 1.12. The summed E-state index contributed by atoms with van der Waals surface area (Å²) in [5.74, 6) is 0.647. The lowest BCUT2D eigenvalue weighted by Gasteiger charge is -2.07. The fourth-order valence-corrected chi connectivity index (χ4v) is 4.12. The third kappa shape index (κ3) is 3.10. The van der Waals surface area contributed by atoms with E-state index < -0.39 is 0 Å². The number of aromatic nitrogens is 3. The fraction of sp³-hybridized carbons (Fsp3) is 0. The van der Waals surface area contributed by atoms with Crippen LogP contribution in [0.25, 0.3) is 39.4 Å². The minimum atomic E-state index is 0.647. The summed E-state index contributed by atoms with van der Waals surface area (Å²) in [7, 11) is 0. The van der Waals surface area contributed by atoms with Gasteiger partial charge in [0.1, 0.15) is 0 Å². The van der Waals surface area contributed by atoms with Gasteiger partial charge in [0.25, 0.3) is 0 Å². The summed E-state index contributed by atoms with van der Waals surface area (Å²) in [6.07, 6.45) is 3.95. The van der Waals surface area contributed by atoms with Crippen LogP contribution in [0.15, 0.2) is 77.8 Å². The van der Waals surface area contributed by atoms with E-state index in [1.165, 1.54) is 0 Å². The Morgan fingerprint density at radius 1 is 0.750 bits per heavy atom. The molecule has 6 heteroatoms. The van der Waals surface area contributed by atoms with E-state index in [1.54, 1.807) is 11.3 Å². The Bertz CT molecular complexity index is 1260. The van der Waals surface area contributed by atoms with Crippen LogP contribution >= 0.6 is 34.5 Å². The number of fused-ring (bicyclic) bond motifs is 1. The summed E-state index contributed by atoms with van der Waals surface area (Å²) in [5, 5.41) is 5.57. The number of halogens is 2. The molecule has 0 unspecified atom stereocenters. The van der Waals surface area contributed by atoms with Gasteiger partial charge in [0.05, 0.1) is 11.4 Å². The Morgan fingerprint density at radius 3 is 2.07 bits per heavy atom. The van der Waals surface area contributed by atoms with Gasteiger partial charge in [-0.25, -0.2) is 9.97 Å². The van der Waals surface area contributed by atoms with Crippen LogP contribution in [0.2, 0.25) is 10.0 Å². The lowest BCUT2D eigenvalue weighted by atomic mass is 10.0. The predicted molar refractivity (Wildman–Crippen MR) is 117 cm³/mol. The van der Waals surface area contributed by atoms with Crippen LogP contribution in [0.4, 0.5) is 0 Å². The quantitative estimate of drug-likeness (QED) is 0.310. The SMILES string of the molecule is Clc1ccc(-c2nc3ncc(-c4ccsc4)cn3c2-c2ccc(Cl)cc2)cc1. The number of rotatable bonds is 3. The minimum absolute atomic E-state index is 0.647. The normalized spacial score (nSPS) is 11.2. The molecule has 0 spiro atoms. The maximum atomic E-state index is 6.11. The van der Waals surface area contributed by atoms with Crippen molar-refractivity contribution in [3.05, 3.63) is 87.8 Å². The molecule has 0 saturated heterocycles. The maximum absolute atomic E-state index is 6.11. The Balaban J connectivity index is 1.79. The fourth-order valence-electron chi connectivity index (χ4n) is 3.20. The molecule has 5 aromatic rings. The molecule has 28 heavy (non-hydrogen) atoms. The highest BCUT2D eigenvalue weighted by atomic mass is 35.5. The van der Waals surface area contributed by atoms with Crippen LogP contribution in [0.5, 0.6) is 0 Å². The standard InChI is InChI=1S/C22H13Cl2N3S/c23-18-5-1-14(2-6-18)20-21(15-3-7-19(24)8-4-15)27-12-17(11-25-22(27)26-20)16-9-10-28-13-16/h1-13H. The molecule has 0 N–H and O–H groups in total. The van der Waals surface area contributed by atoms with E-state index in [4.69, 9.17) is 28.2 Å². The first-order valence-electron chi connectivity index (χ1n) is 8.61. The van der Waals surface area contributed by atoms with Crippen molar-refractivity contribution < 1.29 is 0 Å². The first-order chi connectivity index (χ1) is 13.7. The summed E-state index contributed by atoms with van der Waals surface area (Å²) in [6, 6.07) is 17.6. The van der Waals surface area contributed by atoms with Crippen LogP contribution in [-0.2, 0) is 0 Å². The van der Waals surface area contributed by atoms with Gasteiger partial charge in [-0.3, -0.25) is 4.40 Å². The molecular weight excluding hydrogens is 409 g/mol. The van der Waals surface area contributed by atoms with Gasteiger partial charge in [0, 0.05) is 39.1 Å². The van der Waals surface area contributed by atoms with Crippen LogP contribution in [0.3, 0.4) is 0 Å². The van der Waals surface area contributed by atoms with Crippen molar-refractivity contribution in [2.45, 2.75) is 0 Å². The number of hydrogen-bond acceptors (Lipinski definition) is 3. The summed E-state index contributed by atoms with van der Waals surface area (Å²) in [6.45, 7) is 0. The van der Waals surface area contributed by atoms with E-state index in [0.29, 0.717) is 15.8 Å². The van der Waals surface area contributed by atoms with Gasteiger partial charge in [0.15, 0.2) is 0 Å². The number of hydrogen-bond donors (Lipinski definition) is 0. The van der Waals surface area contributed by atoms with Gasteiger partial charge in [-0.1, -0.05) is 47.5 Å². The minimum Gasteiger partial charge on any atom is -0.282 e. The smallest absolute Gasteiger partial charge is 0.234 e. The first-order valence-corrected chi connectivity index (χ1v) is 10.3. The molecule has 0 atom stereocenters. The molecule has 0 bridgehead atoms. The first kappa shape index (κ1) is 17.4. The molecule has 0 saturated carbocycles. The highest BCUT2D eigenvalue weighted by Crippen LogP contribution is 2.34. The Kier molecular flexibility index (Phi) is 4.40. The topological polar surface area (TPSA) is 30.2 Å². The Hall–Kier alpha value is -2.66. The number of thiophene rings is 1. The van der Waals surface area contributed by atoms with E-state index in [1.807, 2.05) is 59.1 Å². The zero-order valence-corrected chi connectivity index (χ0v) is 16.8. The third-order valence-corrected chi connectivity index (χ3v) is 5.76. The van der Waals surface area contributed by atoms with Crippen molar-refractivity contribution in [2.24, 2.45) is 0 Å². The molecule has 0 amide bonds. The molecule has 3 aromatic heterocycles. The van der Waals surface area contributed by atoms with Crippen LogP contribution < -0.4 is 0 Å². The van der Waals surface area contributed by atoms with E-state index in [9.17, 15) is 0 Å². The van der Waals surface area contributed by atoms with E-state index in [-0.39, 0.29) is 0 Å². The number of benzene rings is 2. The van der Waals surface area contributed by atoms with Gasteiger partial charge in [-0.15, -0.1) is 0 Å². The van der Waals surface area contributed by atoms with E-state index in [0.717, 1.165) is 33.6 Å². The van der Waals surface area contributed by atoms with Crippen LogP contribution in [0, 0.1) is 0 Å². The zero-order valence-electron chi connectivity index (χ0n) is 14.5. The van der Waals surface area contributed by atoms with Crippen molar-refractivity contribution in [2.75, 3.05) is 0 Å². The summed E-state index contributed by atoms with van der Waals surface area (Å²) in [5.41, 5.74) is 6.02. The summed E-state index contributed by atoms with van der Waals surface area (Å²) in [4.78, 5) is 9.42. The van der Waals surface area contributed by atoms with E-state index >= 15 is 0 Å². The molecule has 2 aromatic carbocycles. The van der Waals surface area contributed by atoms with Crippen molar-refractivity contribution in [1.82, 2.24) is 14.4 Å². The van der Waals surface area contributed by atoms with Crippen LogP contribution in [-0.4, -0.2) is 14.4 Å². The average Bonchev–Trinajstić information content (AvgIpc) is 3.37. The Labute approximate surface area is 175 Å². The second-order valence-corrected chi connectivity index (χ2v) is 8.00. The number of nitrogens with zero attached hydrogens (tertiary/aromatic N) is 3. The van der Waals surface area contributed by atoms with Crippen molar-refractivity contribution in [3.63, 3.8) is 0 Å². The third-order valence-electron chi connectivity index (χ3n) is 4.57. The zero-order chi connectivity index (χ0) is 19.1. The van der Waals surface area contributed by atoms with Crippen LogP contribution in [0.1, 0.15) is 0 Å². The molecule has 0 aliphatic heterocycles. The lowest BCUT2D eigenvalue weighted by Crippen LogP contribution is -1.93. The van der Waals surface area contributed by atoms with Gasteiger partial charge < -0.3 is 0 Å². The van der Waals surface area contributed by atoms with Crippen molar-refractivity contribution >= 4 is 40.3 Å². The second-order valence-electron chi connectivity index (χ2n) is 6.35. The highest BCUT2D eigenvalue weighted by Gasteiger charge is 2.17. The van der Waals surface area contributed by atoms with Gasteiger partial charge >= 0.3 is 0 Å². The van der Waals surface area contributed by atoms with Crippen molar-refractivity contribution in [1.29, 1.82) is 0 Å². The molecular formula is C22H13Cl2N3S. The second kappa shape index (κ2) is 7.06. The molecule has 3 nitrogen and oxygen atoms in total. The average molecular weight is 422 g/mol. The van der Waals surface area contributed by atoms with E-state index in [2.05, 4.69) is 28.0 Å². The summed E-state index contributed by atoms with van der Waals surface area (Å²) >= 11 is 13.9. The van der Waals surface area contributed by atoms with Crippen molar-refractivity contribution in [3.8, 4) is 33.6 Å². The maximum Gasteiger partial charge on any atom is 0.234 e. The number of imidazole rings is 1. The van der Waals surface area contributed by atoms with Gasteiger partial charge in [-0.2, -0.15) is 11.3 Å². The summed E-state index contributed by atoms with van der Waals surface area (Å²) < 4.78 is 2.04. The molecule has 0 aliphatic carbocycles. The Morgan fingerprint density at radius 2 is 1.43 bits per heavy atom. The molecule has 5 rings (SSSR count). The molecule has 136 valence electrons. The largest absolute Gasteiger partial charge is 0.282 e. The molecule has 0 radical (unpaired) electrons. The van der Waals surface area contributed by atoms with Gasteiger partial charge in [-0.05, 0) is 46.7 Å². The molecule has 3 heterocycles. The van der Waals surface area contributed by atoms with Gasteiger partial charge in [0.2, 0.25) is 5.78 Å². The molecule has 0 aliphatic rings. The monoisotopic (exact) mass is 421 g/mol. The highest BCUT2D eigenvalue weighted by molar-refractivity contribution is 7.08.